The lowest BCUT2D eigenvalue weighted by atomic mass is 9.81. The van der Waals surface area contributed by atoms with Crippen molar-refractivity contribution in [3.63, 3.8) is 0 Å². The van der Waals surface area contributed by atoms with Crippen LogP contribution in [0.5, 0.6) is 0 Å². The Morgan fingerprint density at radius 2 is 2.25 bits per heavy atom. The van der Waals surface area contributed by atoms with Crippen molar-refractivity contribution in [3.8, 4) is 0 Å². The monoisotopic (exact) mass is 388 g/mol. The Labute approximate surface area is 133 Å². The summed E-state index contributed by atoms with van der Waals surface area (Å²) in [5.74, 6) is 1.61. The van der Waals surface area contributed by atoms with Crippen molar-refractivity contribution in [2.45, 2.75) is 39.0 Å². The van der Waals surface area contributed by atoms with Gasteiger partial charge in [-0.3, -0.25) is 10.1 Å². The van der Waals surface area contributed by atoms with Gasteiger partial charge in [-0.2, -0.15) is 0 Å². The summed E-state index contributed by atoms with van der Waals surface area (Å²) in [4.78, 5) is 10.7. The average molecular weight is 388 g/mol. The molecule has 1 fully saturated rings. The van der Waals surface area contributed by atoms with Crippen LogP contribution >= 0.6 is 22.6 Å². The maximum atomic E-state index is 11.0. The molecule has 4 nitrogen and oxygen atoms in total. The topological polar surface area (TPSA) is 55.2 Å². The summed E-state index contributed by atoms with van der Waals surface area (Å²) in [6.45, 7) is 3.14. The Kier molecular flexibility index (Phi) is 5.63. The van der Waals surface area contributed by atoms with Crippen LogP contribution in [0.4, 0.5) is 11.4 Å². The smallest absolute Gasteiger partial charge is 0.293 e. The van der Waals surface area contributed by atoms with E-state index in [4.69, 9.17) is 0 Å². The van der Waals surface area contributed by atoms with E-state index in [1.165, 1.54) is 25.7 Å². The molecule has 2 rings (SSSR count). The maximum Gasteiger partial charge on any atom is 0.293 e. The second kappa shape index (κ2) is 7.24. The predicted molar refractivity (Wildman–Crippen MR) is 90.0 cm³/mol. The normalized spacial score (nSPS) is 22.5. The molecule has 1 N–H and O–H groups in total. The molecule has 0 aromatic heterocycles. The van der Waals surface area contributed by atoms with E-state index in [9.17, 15) is 10.1 Å². The first-order chi connectivity index (χ1) is 9.56. The number of nitro groups is 1. The number of halogens is 1. The van der Waals surface area contributed by atoms with Crippen molar-refractivity contribution in [1.82, 2.24) is 0 Å². The number of nitrogens with one attached hydrogen (secondary N) is 1. The lowest BCUT2D eigenvalue weighted by molar-refractivity contribution is -0.384. The number of nitrogens with zero attached hydrogens (tertiary/aromatic N) is 1. The first-order valence-electron chi connectivity index (χ1n) is 7.24. The van der Waals surface area contributed by atoms with E-state index in [0.717, 1.165) is 28.4 Å². The SMILES string of the molecule is CC1CCCC(CCNc2ccc(I)cc2[N+](=O)[O-])C1. The molecule has 5 heteroatoms. The second-order valence-electron chi connectivity index (χ2n) is 5.77. The van der Waals surface area contributed by atoms with Crippen LogP contribution in [-0.4, -0.2) is 11.5 Å². The van der Waals surface area contributed by atoms with Gasteiger partial charge in [0.05, 0.1) is 4.92 Å². The van der Waals surface area contributed by atoms with Gasteiger partial charge >= 0.3 is 0 Å². The number of hydrogen-bond donors (Lipinski definition) is 1. The van der Waals surface area contributed by atoms with E-state index in [1.54, 1.807) is 6.07 Å². The summed E-state index contributed by atoms with van der Waals surface area (Å²) < 4.78 is 0.890. The van der Waals surface area contributed by atoms with Crippen LogP contribution in [0.15, 0.2) is 18.2 Å². The first-order valence-corrected chi connectivity index (χ1v) is 8.32. The van der Waals surface area contributed by atoms with Crippen LogP contribution in [0.1, 0.15) is 39.0 Å². The summed E-state index contributed by atoms with van der Waals surface area (Å²) >= 11 is 2.10. The molecule has 0 radical (unpaired) electrons. The third-order valence-electron chi connectivity index (χ3n) is 4.07. The van der Waals surface area contributed by atoms with E-state index in [1.807, 2.05) is 12.1 Å². The molecule has 2 atom stereocenters. The molecule has 1 aliphatic rings. The van der Waals surface area contributed by atoms with Gasteiger partial charge in [-0.1, -0.05) is 26.2 Å². The van der Waals surface area contributed by atoms with E-state index in [0.29, 0.717) is 5.69 Å². The Morgan fingerprint density at radius 3 is 2.95 bits per heavy atom. The van der Waals surface area contributed by atoms with Crippen molar-refractivity contribution in [2.24, 2.45) is 11.8 Å². The van der Waals surface area contributed by atoms with Crippen molar-refractivity contribution in [3.05, 3.63) is 31.9 Å². The highest BCUT2D eigenvalue weighted by molar-refractivity contribution is 14.1. The molecule has 0 saturated heterocycles. The minimum absolute atomic E-state index is 0.175. The molecule has 0 bridgehead atoms. The van der Waals surface area contributed by atoms with Crippen LogP contribution < -0.4 is 5.32 Å². The molecule has 2 unspecified atom stereocenters. The average Bonchev–Trinajstić information content (AvgIpc) is 2.40. The Bertz CT molecular complexity index is 479. The zero-order valence-electron chi connectivity index (χ0n) is 11.8. The fourth-order valence-corrected chi connectivity index (χ4v) is 3.51. The third-order valence-corrected chi connectivity index (χ3v) is 4.74. The minimum atomic E-state index is -0.312. The van der Waals surface area contributed by atoms with E-state index >= 15 is 0 Å². The standard InChI is InChI=1S/C15H21IN2O2/c1-11-3-2-4-12(9-11)7-8-17-14-6-5-13(16)10-15(14)18(19)20/h5-6,10-12,17H,2-4,7-9H2,1H3. The van der Waals surface area contributed by atoms with Crippen LogP contribution in [0, 0.1) is 25.5 Å². The largest absolute Gasteiger partial charge is 0.379 e. The summed E-state index contributed by atoms with van der Waals surface area (Å²) in [6, 6.07) is 5.33. The number of hydrogen-bond acceptors (Lipinski definition) is 3. The molecular formula is C15H21IN2O2. The molecule has 0 spiro atoms. The Hall–Kier alpha value is -0.850. The van der Waals surface area contributed by atoms with Gasteiger partial charge in [-0.15, -0.1) is 0 Å². The molecule has 20 heavy (non-hydrogen) atoms. The van der Waals surface area contributed by atoms with Crippen LogP contribution in [-0.2, 0) is 0 Å². The van der Waals surface area contributed by atoms with Gasteiger partial charge in [0.25, 0.3) is 5.69 Å². The van der Waals surface area contributed by atoms with E-state index < -0.39 is 0 Å². The summed E-state index contributed by atoms with van der Waals surface area (Å²) in [7, 11) is 0. The van der Waals surface area contributed by atoms with Gasteiger partial charge in [0.2, 0.25) is 0 Å². The summed E-state index contributed by atoms with van der Waals surface area (Å²) in [6.07, 6.45) is 6.40. The number of benzene rings is 1. The van der Waals surface area contributed by atoms with Crippen LogP contribution in [0.25, 0.3) is 0 Å². The Balaban J connectivity index is 1.89. The quantitative estimate of drug-likeness (QED) is 0.447. The van der Waals surface area contributed by atoms with Crippen LogP contribution in [0.3, 0.4) is 0 Å². The van der Waals surface area contributed by atoms with E-state index in [-0.39, 0.29) is 10.6 Å². The maximum absolute atomic E-state index is 11.0. The lowest BCUT2D eigenvalue weighted by Crippen LogP contribution is -2.16. The van der Waals surface area contributed by atoms with Crippen molar-refractivity contribution >= 4 is 34.0 Å². The second-order valence-corrected chi connectivity index (χ2v) is 7.02. The molecule has 1 aliphatic carbocycles. The summed E-state index contributed by atoms with van der Waals surface area (Å²) in [5, 5.41) is 14.3. The molecule has 110 valence electrons. The highest BCUT2D eigenvalue weighted by atomic mass is 127. The highest BCUT2D eigenvalue weighted by Gasteiger charge is 2.19. The lowest BCUT2D eigenvalue weighted by Gasteiger charge is -2.26. The molecule has 0 amide bonds. The number of nitro benzene ring substituents is 1. The highest BCUT2D eigenvalue weighted by Crippen LogP contribution is 2.31. The Morgan fingerprint density at radius 1 is 1.45 bits per heavy atom. The number of anilines is 1. The minimum Gasteiger partial charge on any atom is -0.379 e. The molecule has 1 saturated carbocycles. The van der Waals surface area contributed by atoms with Gasteiger partial charge in [0.1, 0.15) is 5.69 Å². The molecular weight excluding hydrogens is 367 g/mol. The van der Waals surface area contributed by atoms with Crippen molar-refractivity contribution < 1.29 is 4.92 Å². The van der Waals surface area contributed by atoms with Crippen molar-refractivity contribution in [2.75, 3.05) is 11.9 Å². The predicted octanol–water partition coefficient (Wildman–Crippen LogP) is 4.83. The number of rotatable bonds is 5. The van der Waals surface area contributed by atoms with E-state index in [2.05, 4.69) is 34.8 Å². The zero-order valence-corrected chi connectivity index (χ0v) is 13.9. The van der Waals surface area contributed by atoms with Gasteiger partial charge in [-0.05, 0) is 59.4 Å². The molecule has 1 aromatic carbocycles. The van der Waals surface area contributed by atoms with Gasteiger partial charge < -0.3 is 5.32 Å². The van der Waals surface area contributed by atoms with Gasteiger partial charge in [-0.25, -0.2) is 0 Å². The third kappa shape index (κ3) is 4.33. The van der Waals surface area contributed by atoms with Gasteiger partial charge in [0, 0.05) is 16.2 Å². The van der Waals surface area contributed by atoms with Crippen molar-refractivity contribution in [1.29, 1.82) is 0 Å². The summed E-state index contributed by atoms with van der Waals surface area (Å²) in [5.41, 5.74) is 0.813. The molecule has 0 heterocycles. The molecule has 1 aromatic rings. The fourth-order valence-electron chi connectivity index (χ4n) is 3.04. The molecule has 0 aliphatic heterocycles. The zero-order chi connectivity index (χ0) is 14.5. The fraction of sp³-hybridized carbons (Fsp3) is 0.600. The van der Waals surface area contributed by atoms with Gasteiger partial charge in [0.15, 0.2) is 0 Å². The first kappa shape index (κ1) is 15.5. The van der Waals surface area contributed by atoms with Crippen LogP contribution in [0.2, 0.25) is 0 Å².